The number of rotatable bonds is 5. The molecule has 0 aliphatic carbocycles. The molecule has 0 saturated heterocycles. The van der Waals surface area contributed by atoms with Gasteiger partial charge < -0.3 is 0 Å². The first kappa shape index (κ1) is 12.6. The number of H-pyrrole nitrogens is 1. The number of aromatic nitrogens is 3. The number of carbonyl (C=O) groups is 1. The second-order valence-electron chi connectivity index (χ2n) is 3.50. The number of benzene rings is 1. The Morgan fingerprint density at radius 3 is 2.89 bits per heavy atom. The standard InChI is InChI=1S/C11H13N5OS/c12-14-9(17)6-7-18-11-13-10(15-16-11)8-4-2-1-3-5-8/h1-5H,6-7,12H2,(H,14,17)(H,13,15,16). The molecule has 0 aliphatic heterocycles. The van der Waals surface area contributed by atoms with Gasteiger partial charge in [-0.15, -0.1) is 5.10 Å². The lowest BCUT2D eigenvalue weighted by atomic mass is 10.2. The summed E-state index contributed by atoms with van der Waals surface area (Å²) < 4.78 is 0. The molecule has 94 valence electrons. The summed E-state index contributed by atoms with van der Waals surface area (Å²) in [4.78, 5) is 15.3. The Kier molecular flexibility index (Phi) is 4.32. The van der Waals surface area contributed by atoms with E-state index in [-0.39, 0.29) is 5.91 Å². The largest absolute Gasteiger partial charge is 0.294 e. The monoisotopic (exact) mass is 263 g/mol. The third kappa shape index (κ3) is 3.31. The number of hydrazine groups is 1. The van der Waals surface area contributed by atoms with Gasteiger partial charge in [-0.05, 0) is 0 Å². The first-order valence-corrected chi connectivity index (χ1v) is 6.38. The van der Waals surface area contributed by atoms with Gasteiger partial charge in [-0.2, -0.15) is 0 Å². The molecule has 7 heteroatoms. The van der Waals surface area contributed by atoms with Crippen molar-refractivity contribution in [2.24, 2.45) is 5.84 Å². The highest BCUT2D eigenvalue weighted by atomic mass is 32.2. The molecule has 0 fully saturated rings. The summed E-state index contributed by atoms with van der Waals surface area (Å²) >= 11 is 1.41. The molecule has 0 saturated carbocycles. The second-order valence-corrected chi connectivity index (χ2v) is 4.56. The molecule has 0 aliphatic rings. The Morgan fingerprint density at radius 2 is 2.17 bits per heavy atom. The first-order chi connectivity index (χ1) is 8.79. The Balaban J connectivity index is 1.93. The maximum Gasteiger partial charge on any atom is 0.234 e. The van der Waals surface area contributed by atoms with Gasteiger partial charge in [-0.1, -0.05) is 42.1 Å². The van der Waals surface area contributed by atoms with Crippen molar-refractivity contribution in [3.63, 3.8) is 0 Å². The van der Waals surface area contributed by atoms with Crippen molar-refractivity contribution in [3.8, 4) is 11.4 Å². The van der Waals surface area contributed by atoms with E-state index < -0.39 is 0 Å². The number of amides is 1. The van der Waals surface area contributed by atoms with Gasteiger partial charge in [0.2, 0.25) is 11.1 Å². The van der Waals surface area contributed by atoms with Crippen molar-refractivity contribution >= 4 is 17.7 Å². The summed E-state index contributed by atoms with van der Waals surface area (Å²) in [5.41, 5.74) is 3.06. The van der Waals surface area contributed by atoms with E-state index in [4.69, 9.17) is 5.84 Å². The van der Waals surface area contributed by atoms with E-state index in [9.17, 15) is 4.79 Å². The molecule has 2 aromatic rings. The maximum absolute atomic E-state index is 10.9. The summed E-state index contributed by atoms with van der Waals surface area (Å²) in [5.74, 6) is 6.11. The smallest absolute Gasteiger partial charge is 0.234 e. The molecule has 0 spiro atoms. The maximum atomic E-state index is 10.9. The molecule has 18 heavy (non-hydrogen) atoms. The van der Waals surface area contributed by atoms with E-state index >= 15 is 0 Å². The van der Waals surface area contributed by atoms with Crippen LogP contribution in [0.25, 0.3) is 11.4 Å². The minimum Gasteiger partial charge on any atom is -0.294 e. The zero-order chi connectivity index (χ0) is 12.8. The fraction of sp³-hybridized carbons (Fsp3) is 0.182. The van der Waals surface area contributed by atoms with E-state index in [1.165, 1.54) is 11.8 Å². The highest BCUT2D eigenvalue weighted by Crippen LogP contribution is 2.19. The Bertz CT molecular complexity index is 513. The van der Waals surface area contributed by atoms with Gasteiger partial charge in [0.15, 0.2) is 5.82 Å². The van der Waals surface area contributed by atoms with Crippen LogP contribution in [0.15, 0.2) is 35.5 Å². The lowest BCUT2D eigenvalue weighted by molar-refractivity contribution is -0.120. The lowest BCUT2D eigenvalue weighted by Gasteiger charge is -1.96. The number of hydrogen-bond acceptors (Lipinski definition) is 5. The number of nitrogens with one attached hydrogen (secondary N) is 2. The van der Waals surface area contributed by atoms with Gasteiger partial charge in [0.1, 0.15) is 0 Å². The van der Waals surface area contributed by atoms with Crippen LogP contribution in [0, 0.1) is 0 Å². The van der Waals surface area contributed by atoms with Crippen molar-refractivity contribution in [1.82, 2.24) is 20.6 Å². The minimum absolute atomic E-state index is 0.193. The van der Waals surface area contributed by atoms with Gasteiger partial charge >= 0.3 is 0 Å². The van der Waals surface area contributed by atoms with Crippen LogP contribution in [0.1, 0.15) is 6.42 Å². The van der Waals surface area contributed by atoms with Crippen molar-refractivity contribution in [2.75, 3.05) is 5.75 Å². The molecule has 2 rings (SSSR count). The molecule has 4 N–H and O–H groups in total. The van der Waals surface area contributed by atoms with Crippen molar-refractivity contribution < 1.29 is 4.79 Å². The van der Waals surface area contributed by atoms with Crippen molar-refractivity contribution in [3.05, 3.63) is 30.3 Å². The molecule has 1 amide bonds. The number of hydrogen-bond donors (Lipinski definition) is 3. The molecule has 0 unspecified atom stereocenters. The van der Waals surface area contributed by atoms with Crippen LogP contribution in [0.3, 0.4) is 0 Å². The van der Waals surface area contributed by atoms with Crippen LogP contribution in [-0.4, -0.2) is 26.8 Å². The molecule has 6 nitrogen and oxygen atoms in total. The van der Waals surface area contributed by atoms with Gasteiger partial charge in [0.05, 0.1) is 0 Å². The molecular weight excluding hydrogens is 250 g/mol. The summed E-state index contributed by atoms with van der Waals surface area (Å²) in [5, 5.41) is 7.57. The van der Waals surface area contributed by atoms with Crippen LogP contribution in [0.2, 0.25) is 0 Å². The third-order valence-electron chi connectivity index (χ3n) is 2.23. The van der Waals surface area contributed by atoms with Gasteiger partial charge in [-0.25, -0.2) is 10.8 Å². The minimum atomic E-state index is -0.193. The predicted molar refractivity (Wildman–Crippen MR) is 69.5 cm³/mol. The Morgan fingerprint density at radius 1 is 1.39 bits per heavy atom. The SMILES string of the molecule is NNC(=O)CCSc1n[nH]c(-c2ccccc2)n1. The van der Waals surface area contributed by atoms with E-state index in [2.05, 4.69) is 20.6 Å². The highest BCUT2D eigenvalue weighted by Gasteiger charge is 2.06. The number of nitrogens with two attached hydrogens (primary N) is 1. The van der Waals surface area contributed by atoms with Gasteiger partial charge in [0, 0.05) is 17.7 Å². The van der Waals surface area contributed by atoms with Crippen LogP contribution in [0.4, 0.5) is 0 Å². The van der Waals surface area contributed by atoms with E-state index in [1.807, 2.05) is 30.3 Å². The Labute approximate surface area is 108 Å². The average molecular weight is 263 g/mol. The summed E-state index contributed by atoms with van der Waals surface area (Å²) in [6, 6.07) is 9.74. The van der Waals surface area contributed by atoms with E-state index in [0.717, 1.165) is 11.4 Å². The third-order valence-corrected chi connectivity index (χ3v) is 3.08. The summed E-state index contributed by atoms with van der Waals surface area (Å²) in [6.07, 6.45) is 0.344. The number of nitrogens with zero attached hydrogens (tertiary/aromatic N) is 2. The highest BCUT2D eigenvalue weighted by molar-refractivity contribution is 7.99. The summed E-state index contributed by atoms with van der Waals surface area (Å²) in [6.45, 7) is 0. The molecule has 1 aromatic carbocycles. The normalized spacial score (nSPS) is 10.3. The first-order valence-electron chi connectivity index (χ1n) is 5.39. The number of thioether (sulfide) groups is 1. The average Bonchev–Trinajstić information content (AvgIpc) is 2.88. The molecule has 0 radical (unpaired) electrons. The fourth-order valence-electron chi connectivity index (χ4n) is 1.34. The van der Waals surface area contributed by atoms with Gasteiger partial charge in [-0.3, -0.25) is 15.3 Å². The molecule has 1 aromatic heterocycles. The number of aromatic amines is 1. The van der Waals surface area contributed by atoms with Crippen molar-refractivity contribution in [2.45, 2.75) is 11.6 Å². The van der Waals surface area contributed by atoms with Crippen LogP contribution < -0.4 is 11.3 Å². The fourth-order valence-corrected chi connectivity index (χ4v) is 2.08. The second kappa shape index (κ2) is 6.18. The molecule has 0 bridgehead atoms. The van der Waals surface area contributed by atoms with Crippen LogP contribution >= 0.6 is 11.8 Å². The quantitative estimate of drug-likeness (QED) is 0.323. The Hall–Kier alpha value is -1.86. The van der Waals surface area contributed by atoms with E-state index in [0.29, 0.717) is 17.3 Å². The molecule has 1 heterocycles. The predicted octanol–water partition coefficient (Wildman–Crippen LogP) is 0.944. The zero-order valence-electron chi connectivity index (χ0n) is 9.59. The molecule has 0 atom stereocenters. The molecular formula is C11H13N5OS. The topological polar surface area (TPSA) is 96.7 Å². The van der Waals surface area contributed by atoms with Crippen LogP contribution in [-0.2, 0) is 4.79 Å². The lowest BCUT2D eigenvalue weighted by Crippen LogP contribution is -2.30. The van der Waals surface area contributed by atoms with E-state index in [1.54, 1.807) is 0 Å². The van der Waals surface area contributed by atoms with Gasteiger partial charge in [0.25, 0.3) is 0 Å². The van der Waals surface area contributed by atoms with Crippen molar-refractivity contribution in [1.29, 1.82) is 0 Å². The number of carbonyl (C=O) groups excluding carboxylic acids is 1. The zero-order valence-corrected chi connectivity index (χ0v) is 10.4. The summed E-state index contributed by atoms with van der Waals surface area (Å²) in [7, 11) is 0. The van der Waals surface area contributed by atoms with Crippen LogP contribution in [0.5, 0.6) is 0 Å².